The number of rotatable bonds is 12. The Kier molecular flexibility index (Phi) is 9.67. The molecule has 7 heteroatoms. The maximum atomic E-state index is 13.6. The zero-order valence-electron chi connectivity index (χ0n) is 22.8. The van der Waals surface area contributed by atoms with Crippen molar-refractivity contribution in [1.82, 2.24) is 5.32 Å². The lowest BCUT2D eigenvalue weighted by molar-refractivity contribution is -0.155. The van der Waals surface area contributed by atoms with E-state index in [1.807, 2.05) is 67.6 Å². The number of allylic oxidation sites excluding steroid dienone is 1. The van der Waals surface area contributed by atoms with Gasteiger partial charge < -0.3 is 20.3 Å². The van der Waals surface area contributed by atoms with Crippen LogP contribution in [-0.2, 0) is 14.3 Å². The molecule has 1 heterocycles. The predicted molar refractivity (Wildman–Crippen MR) is 157 cm³/mol. The molecule has 210 valence electrons. The van der Waals surface area contributed by atoms with Crippen LogP contribution in [0.5, 0.6) is 0 Å². The second-order valence-electron chi connectivity index (χ2n) is 10.4. The second-order valence-corrected chi connectivity index (χ2v) is 10.8. The molecule has 0 radical (unpaired) electrons. The number of carbonyl (C=O) groups is 2. The van der Waals surface area contributed by atoms with E-state index in [0.29, 0.717) is 29.3 Å². The molecule has 0 saturated heterocycles. The van der Waals surface area contributed by atoms with Crippen molar-refractivity contribution in [2.24, 2.45) is 5.41 Å². The topological polar surface area (TPSA) is 95.9 Å². The van der Waals surface area contributed by atoms with Crippen LogP contribution >= 0.6 is 11.6 Å². The van der Waals surface area contributed by atoms with Crippen molar-refractivity contribution in [2.75, 3.05) is 13.2 Å². The smallest absolute Gasteiger partial charge is 0.333 e. The molecule has 3 aromatic carbocycles. The third-order valence-electron chi connectivity index (χ3n) is 7.91. The molecule has 0 aliphatic carbocycles. The molecule has 0 fully saturated rings. The zero-order chi connectivity index (χ0) is 28.7. The molecule has 0 amide bonds. The van der Waals surface area contributed by atoms with E-state index in [1.165, 1.54) is 0 Å². The quantitative estimate of drug-likeness (QED) is 0.209. The van der Waals surface area contributed by atoms with Crippen molar-refractivity contribution in [1.29, 1.82) is 0 Å². The van der Waals surface area contributed by atoms with Crippen LogP contribution in [0.25, 0.3) is 0 Å². The largest absolute Gasteiger partial charge is 0.481 e. The summed E-state index contributed by atoms with van der Waals surface area (Å²) in [5.41, 5.74) is 1.63. The van der Waals surface area contributed by atoms with Gasteiger partial charge in [0.25, 0.3) is 0 Å². The first-order valence-corrected chi connectivity index (χ1v) is 14.0. The SMILES string of the molecule is CCCOCC1NC(C)=C(C(=O)O)C(c2cccc(Cl)c2)C1(CCC(c1ccccc1)c1ccccc1)C(=O)O. The first-order chi connectivity index (χ1) is 19.3. The Balaban J connectivity index is 1.89. The van der Waals surface area contributed by atoms with Gasteiger partial charge in [0, 0.05) is 29.2 Å². The van der Waals surface area contributed by atoms with Crippen LogP contribution in [0.2, 0.25) is 5.02 Å². The lowest BCUT2D eigenvalue weighted by atomic mass is 9.59. The van der Waals surface area contributed by atoms with Gasteiger partial charge in [-0.15, -0.1) is 0 Å². The fourth-order valence-electron chi connectivity index (χ4n) is 6.09. The van der Waals surface area contributed by atoms with Crippen LogP contribution in [-0.4, -0.2) is 41.4 Å². The highest BCUT2D eigenvalue weighted by molar-refractivity contribution is 6.30. The summed E-state index contributed by atoms with van der Waals surface area (Å²) in [4.78, 5) is 26.3. The number of hydrogen-bond acceptors (Lipinski definition) is 4. The normalized spacial score (nSPS) is 20.8. The van der Waals surface area contributed by atoms with Gasteiger partial charge >= 0.3 is 11.9 Å². The molecule has 1 aliphatic rings. The molecule has 0 spiro atoms. The number of aliphatic carboxylic acids is 2. The number of benzene rings is 3. The first kappa shape index (κ1) is 29.4. The summed E-state index contributed by atoms with van der Waals surface area (Å²) in [5, 5.41) is 25.2. The number of carboxylic acid groups (broad SMARTS) is 2. The van der Waals surface area contributed by atoms with E-state index in [4.69, 9.17) is 16.3 Å². The fourth-order valence-corrected chi connectivity index (χ4v) is 6.29. The van der Waals surface area contributed by atoms with Crippen molar-refractivity contribution < 1.29 is 24.5 Å². The first-order valence-electron chi connectivity index (χ1n) is 13.7. The van der Waals surface area contributed by atoms with Gasteiger partial charge in [-0.1, -0.05) is 91.3 Å². The predicted octanol–water partition coefficient (Wildman–Crippen LogP) is 6.86. The molecule has 3 unspecified atom stereocenters. The molecule has 3 N–H and O–H groups in total. The minimum Gasteiger partial charge on any atom is -0.481 e. The minimum atomic E-state index is -1.53. The van der Waals surface area contributed by atoms with Crippen LogP contribution in [0.15, 0.2) is 96.2 Å². The highest BCUT2D eigenvalue weighted by Gasteiger charge is 2.57. The molecule has 0 aromatic heterocycles. The lowest BCUT2D eigenvalue weighted by Crippen LogP contribution is -2.59. The standard InChI is InChI=1S/C33H36ClNO5/c1-3-19-40-21-28-33(32(38)39,18-17-27(23-11-6-4-7-12-23)24-13-8-5-9-14-24)30(25-15-10-16-26(34)20-25)29(31(36)37)22(2)35-28/h4-16,20,27-28,30,35H,3,17-19,21H2,1-2H3,(H,36,37)(H,38,39). The molecule has 3 aromatic rings. The van der Waals surface area contributed by atoms with Gasteiger partial charge in [-0.05, 0) is 55.0 Å². The molecule has 0 saturated carbocycles. The highest BCUT2D eigenvalue weighted by atomic mass is 35.5. The number of ether oxygens (including phenoxy) is 1. The average Bonchev–Trinajstić information content (AvgIpc) is 2.94. The molecular weight excluding hydrogens is 526 g/mol. The van der Waals surface area contributed by atoms with Crippen molar-refractivity contribution in [2.45, 2.75) is 51.0 Å². The van der Waals surface area contributed by atoms with E-state index >= 15 is 0 Å². The summed E-state index contributed by atoms with van der Waals surface area (Å²) in [6, 6.07) is 26.2. The monoisotopic (exact) mass is 561 g/mol. The van der Waals surface area contributed by atoms with Crippen molar-refractivity contribution in [3.63, 3.8) is 0 Å². The minimum absolute atomic E-state index is 0.0346. The summed E-state index contributed by atoms with van der Waals surface area (Å²) < 4.78 is 5.93. The third-order valence-corrected chi connectivity index (χ3v) is 8.15. The second kappa shape index (κ2) is 13.2. The summed E-state index contributed by atoms with van der Waals surface area (Å²) in [6.07, 6.45) is 1.46. The Morgan fingerprint density at radius 3 is 2.12 bits per heavy atom. The number of carboxylic acids is 2. The van der Waals surface area contributed by atoms with Gasteiger partial charge in [0.2, 0.25) is 0 Å². The van der Waals surface area contributed by atoms with Gasteiger partial charge in [-0.25, -0.2) is 4.79 Å². The Labute approximate surface area is 240 Å². The maximum Gasteiger partial charge on any atom is 0.333 e. The van der Waals surface area contributed by atoms with E-state index in [0.717, 1.165) is 17.5 Å². The molecular formula is C33H36ClNO5. The highest BCUT2D eigenvalue weighted by Crippen LogP contribution is 2.52. The molecule has 3 atom stereocenters. The van der Waals surface area contributed by atoms with Crippen LogP contribution in [0.3, 0.4) is 0 Å². The van der Waals surface area contributed by atoms with E-state index in [1.54, 1.807) is 31.2 Å². The van der Waals surface area contributed by atoms with Crippen LogP contribution in [0.4, 0.5) is 0 Å². The molecule has 40 heavy (non-hydrogen) atoms. The van der Waals surface area contributed by atoms with Gasteiger partial charge in [-0.3, -0.25) is 4.79 Å². The van der Waals surface area contributed by atoms with E-state index in [2.05, 4.69) is 5.32 Å². The Hall–Kier alpha value is -3.61. The van der Waals surface area contributed by atoms with Crippen LogP contribution in [0.1, 0.15) is 61.6 Å². The Bertz CT molecular complexity index is 1300. The van der Waals surface area contributed by atoms with Crippen LogP contribution in [0, 0.1) is 5.41 Å². The maximum absolute atomic E-state index is 13.6. The summed E-state index contributed by atoms with van der Waals surface area (Å²) >= 11 is 6.38. The van der Waals surface area contributed by atoms with Crippen LogP contribution < -0.4 is 5.32 Å². The van der Waals surface area contributed by atoms with Gasteiger partial charge in [0.15, 0.2) is 0 Å². The summed E-state index contributed by atoms with van der Waals surface area (Å²) in [7, 11) is 0. The molecule has 1 aliphatic heterocycles. The number of halogens is 1. The van der Waals surface area contributed by atoms with Gasteiger partial charge in [0.05, 0.1) is 18.2 Å². The fraction of sp³-hybridized carbons (Fsp3) is 0.333. The van der Waals surface area contributed by atoms with E-state index in [-0.39, 0.29) is 24.5 Å². The number of nitrogens with one attached hydrogen (secondary N) is 1. The summed E-state index contributed by atoms with van der Waals surface area (Å²) in [5.74, 6) is -3.27. The average molecular weight is 562 g/mol. The van der Waals surface area contributed by atoms with E-state index in [9.17, 15) is 19.8 Å². The van der Waals surface area contributed by atoms with Crippen molar-refractivity contribution in [3.05, 3.63) is 118 Å². The zero-order valence-corrected chi connectivity index (χ0v) is 23.6. The molecule has 6 nitrogen and oxygen atoms in total. The molecule has 4 rings (SSSR count). The summed E-state index contributed by atoms with van der Waals surface area (Å²) in [6.45, 7) is 4.28. The Morgan fingerprint density at radius 1 is 0.975 bits per heavy atom. The Morgan fingerprint density at radius 2 is 1.60 bits per heavy atom. The third kappa shape index (κ3) is 6.08. The van der Waals surface area contributed by atoms with Gasteiger partial charge in [-0.2, -0.15) is 0 Å². The van der Waals surface area contributed by atoms with Gasteiger partial charge in [0.1, 0.15) is 5.41 Å². The van der Waals surface area contributed by atoms with E-state index < -0.39 is 29.3 Å². The number of hydrogen-bond donors (Lipinski definition) is 3. The van der Waals surface area contributed by atoms with Crippen molar-refractivity contribution >= 4 is 23.5 Å². The molecule has 0 bridgehead atoms. The lowest BCUT2D eigenvalue weighted by Gasteiger charge is -2.48. The van der Waals surface area contributed by atoms with Crippen molar-refractivity contribution in [3.8, 4) is 0 Å².